The van der Waals surface area contributed by atoms with E-state index in [4.69, 9.17) is 10.5 Å². The normalized spacial score (nSPS) is 38.2. The van der Waals surface area contributed by atoms with Gasteiger partial charge in [0, 0.05) is 18.5 Å². The monoisotopic (exact) mass is 440 g/mol. The second kappa shape index (κ2) is 7.47. The molecule has 0 spiro atoms. The number of hydrogen-bond acceptors (Lipinski definition) is 4. The van der Waals surface area contributed by atoms with Crippen molar-refractivity contribution in [3.05, 3.63) is 35.9 Å². The second-order valence-corrected chi connectivity index (χ2v) is 11.8. The topological polar surface area (TPSA) is 92.9 Å². The molecule has 4 bridgehead atoms. The number of nitrogens with zero attached hydrogens (tertiary/aromatic N) is 1. The first-order valence-electron chi connectivity index (χ1n) is 12.1. The third kappa shape index (κ3) is 3.70. The van der Waals surface area contributed by atoms with Gasteiger partial charge in [-0.15, -0.1) is 0 Å². The first kappa shape index (κ1) is 21.7. The number of hydrogen-bond donors (Lipinski definition) is 2. The molecule has 3 N–H and O–H groups in total. The van der Waals surface area contributed by atoms with Crippen molar-refractivity contribution in [1.29, 1.82) is 0 Å². The quantitative estimate of drug-likeness (QED) is 0.732. The highest BCUT2D eigenvalue weighted by Crippen LogP contribution is 2.60. The van der Waals surface area contributed by atoms with E-state index in [9.17, 15) is 14.7 Å². The third-order valence-corrected chi connectivity index (χ3v) is 8.72. The summed E-state index contributed by atoms with van der Waals surface area (Å²) in [5.74, 6) is 0.867. The van der Waals surface area contributed by atoms with Crippen molar-refractivity contribution in [1.82, 2.24) is 4.90 Å². The number of carbonyl (C=O) groups is 2. The number of amides is 2. The summed E-state index contributed by atoms with van der Waals surface area (Å²) in [6, 6.07) is 10.2. The van der Waals surface area contributed by atoms with Gasteiger partial charge in [-0.1, -0.05) is 30.3 Å². The second-order valence-electron chi connectivity index (χ2n) is 11.8. The predicted molar refractivity (Wildman–Crippen MR) is 121 cm³/mol. The van der Waals surface area contributed by atoms with Crippen LogP contribution in [0.2, 0.25) is 0 Å². The van der Waals surface area contributed by atoms with Crippen molar-refractivity contribution < 1.29 is 19.4 Å². The fourth-order valence-corrected chi connectivity index (χ4v) is 7.79. The highest BCUT2D eigenvalue weighted by Gasteiger charge is 2.59. The number of ether oxygens (including phenoxy) is 1. The molecule has 2 amide bonds. The maximum absolute atomic E-state index is 13.3. The lowest BCUT2D eigenvalue weighted by molar-refractivity contribution is -0.161. The van der Waals surface area contributed by atoms with Crippen molar-refractivity contribution in [2.24, 2.45) is 28.9 Å². The van der Waals surface area contributed by atoms with Gasteiger partial charge in [0.1, 0.15) is 6.10 Å². The maximum atomic E-state index is 13.3. The van der Waals surface area contributed by atoms with Crippen LogP contribution in [0.5, 0.6) is 0 Å². The molecule has 0 radical (unpaired) electrons. The Morgan fingerprint density at radius 2 is 1.81 bits per heavy atom. The van der Waals surface area contributed by atoms with E-state index in [-0.39, 0.29) is 40.8 Å². The molecule has 6 heteroatoms. The molecule has 1 heterocycles. The van der Waals surface area contributed by atoms with E-state index in [0.29, 0.717) is 25.4 Å². The van der Waals surface area contributed by atoms with Gasteiger partial charge in [0.15, 0.2) is 0 Å². The molecular formula is C26H36N2O4. The lowest BCUT2D eigenvalue weighted by Crippen LogP contribution is -2.59. The summed E-state index contributed by atoms with van der Waals surface area (Å²) >= 11 is 0. The average molecular weight is 441 g/mol. The van der Waals surface area contributed by atoms with Gasteiger partial charge in [-0.05, 0) is 82.1 Å². The fraction of sp³-hybridized carbons (Fsp3) is 0.692. The fourth-order valence-electron chi connectivity index (χ4n) is 7.79. The smallest absolute Gasteiger partial charge is 0.410 e. The van der Waals surface area contributed by atoms with E-state index in [1.165, 1.54) is 0 Å². The van der Waals surface area contributed by atoms with Gasteiger partial charge < -0.3 is 20.5 Å². The van der Waals surface area contributed by atoms with Crippen LogP contribution in [-0.4, -0.2) is 46.8 Å². The maximum Gasteiger partial charge on any atom is 0.410 e. The van der Waals surface area contributed by atoms with Crippen molar-refractivity contribution >= 4 is 12.0 Å². The van der Waals surface area contributed by atoms with Gasteiger partial charge in [0.25, 0.3) is 0 Å². The van der Waals surface area contributed by atoms with Crippen LogP contribution in [0.1, 0.15) is 64.4 Å². The Morgan fingerprint density at radius 3 is 2.41 bits per heavy atom. The summed E-state index contributed by atoms with van der Waals surface area (Å²) in [4.78, 5) is 27.3. The molecule has 1 aromatic carbocycles. The van der Waals surface area contributed by atoms with Crippen LogP contribution in [0.3, 0.4) is 0 Å². The molecule has 1 aromatic rings. The first-order chi connectivity index (χ1) is 15.1. The minimum absolute atomic E-state index is 0.104. The zero-order valence-corrected chi connectivity index (χ0v) is 19.3. The van der Waals surface area contributed by atoms with Gasteiger partial charge in [-0.3, -0.25) is 4.79 Å². The first-order valence-corrected chi connectivity index (χ1v) is 12.1. The molecule has 4 unspecified atom stereocenters. The molecule has 6 nitrogen and oxygen atoms in total. The van der Waals surface area contributed by atoms with E-state index in [1.54, 1.807) is 0 Å². The summed E-state index contributed by atoms with van der Waals surface area (Å²) in [7, 11) is 0. The molecule has 174 valence electrons. The zero-order chi connectivity index (χ0) is 22.7. The van der Waals surface area contributed by atoms with Crippen LogP contribution in [-0.2, 0) is 14.9 Å². The highest BCUT2D eigenvalue weighted by atomic mass is 16.6. The van der Waals surface area contributed by atoms with Crippen LogP contribution in [0.15, 0.2) is 30.3 Å². The van der Waals surface area contributed by atoms with E-state index in [0.717, 1.165) is 44.1 Å². The molecule has 6 rings (SSSR count). The third-order valence-electron chi connectivity index (χ3n) is 8.72. The van der Waals surface area contributed by atoms with Crippen molar-refractivity contribution in [3.63, 3.8) is 0 Å². The van der Waals surface area contributed by atoms with Crippen LogP contribution in [0.4, 0.5) is 4.79 Å². The van der Waals surface area contributed by atoms with Gasteiger partial charge in [-0.25, -0.2) is 4.79 Å². The van der Waals surface area contributed by atoms with Gasteiger partial charge in [-0.2, -0.15) is 0 Å². The molecule has 5 aliphatic rings. The molecule has 6 atom stereocenters. The van der Waals surface area contributed by atoms with E-state index < -0.39 is 5.60 Å². The molecule has 1 aliphatic heterocycles. The minimum atomic E-state index is -0.833. The van der Waals surface area contributed by atoms with Gasteiger partial charge in [0.05, 0.1) is 11.0 Å². The lowest BCUT2D eigenvalue weighted by Gasteiger charge is -2.58. The Balaban J connectivity index is 1.30. The van der Waals surface area contributed by atoms with Crippen LogP contribution in [0.25, 0.3) is 0 Å². The summed E-state index contributed by atoms with van der Waals surface area (Å²) in [6.45, 7) is 4.85. The van der Waals surface area contributed by atoms with Crippen LogP contribution in [0, 0.1) is 23.2 Å². The molecular weight excluding hydrogens is 404 g/mol. The Bertz CT molecular complexity index is 879. The highest BCUT2D eigenvalue weighted by molar-refractivity contribution is 5.81. The molecule has 4 aliphatic carbocycles. The summed E-state index contributed by atoms with van der Waals surface area (Å²) < 4.78 is 6.17. The Morgan fingerprint density at radius 1 is 1.16 bits per heavy atom. The number of likely N-dealkylation sites (tertiary alicyclic amines) is 1. The Kier molecular flexibility index (Phi) is 5.08. The number of aliphatic hydroxyl groups is 1. The lowest BCUT2D eigenvalue weighted by atomic mass is 9.48. The zero-order valence-electron chi connectivity index (χ0n) is 19.3. The molecule has 0 aromatic heterocycles. The number of carbonyl (C=O) groups excluding carboxylic acids is 2. The van der Waals surface area contributed by atoms with Crippen molar-refractivity contribution in [2.75, 3.05) is 13.1 Å². The minimum Gasteiger partial charge on any atom is -0.446 e. The van der Waals surface area contributed by atoms with E-state index in [1.807, 2.05) is 36.9 Å². The van der Waals surface area contributed by atoms with E-state index in [2.05, 4.69) is 12.1 Å². The summed E-state index contributed by atoms with van der Waals surface area (Å²) in [5.41, 5.74) is 5.48. The van der Waals surface area contributed by atoms with Crippen molar-refractivity contribution in [3.8, 4) is 0 Å². The van der Waals surface area contributed by atoms with Crippen LogP contribution >= 0.6 is 0 Å². The molecule has 4 saturated carbocycles. The molecule has 32 heavy (non-hydrogen) atoms. The number of benzene rings is 1. The largest absolute Gasteiger partial charge is 0.446 e. The Hall–Kier alpha value is -2.08. The predicted octanol–water partition coefficient (Wildman–Crippen LogP) is 3.61. The summed E-state index contributed by atoms with van der Waals surface area (Å²) in [5, 5.41) is 10.6. The van der Waals surface area contributed by atoms with Gasteiger partial charge >= 0.3 is 6.09 Å². The average Bonchev–Trinajstić information content (AvgIpc) is 3.14. The number of primary amides is 1. The number of rotatable bonds is 5. The molecule has 5 fully saturated rings. The standard InChI is InChI=1S/C26H36N2O4/c1-24(2,31)15-25(20-6-4-3-5-7-20)8-9-28(16-25)23(30)32-21-18-10-17-11-19(21)14-26(12-17,13-18)22(27)29/h3-7,17-19,21,31H,8-16H2,1-2H3,(H2,27,29)/t17?,18-,19?,21?,25?,26-/m0/s1. The van der Waals surface area contributed by atoms with Crippen LogP contribution < -0.4 is 5.73 Å². The SMILES string of the molecule is CC(C)(O)CC1(c2ccccc2)CCN(C(=O)OC2C3CC4C[C@H]2C[C@@](C(N)=O)(C4)C3)C1. The van der Waals surface area contributed by atoms with Gasteiger partial charge in [0.2, 0.25) is 5.91 Å². The number of nitrogens with two attached hydrogens (primary N) is 1. The van der Waals surface area contributed by atoms with E-state index >= 15 is 0 Å². The molecule has 1 saturated heterocycles. The Labute approximate surface area is 190 Å². The summed E-state index contributed by atoms with van der Waals surface area (Å²) in [6.07, 6.45) is 5.56. The van der Waals surface area contributed by atoms with Crippen molar-refractivity contribution in [2.45, 2.75) is 75.9 Å².